The van der Waals surface area contributed by atoms with Crippen molar-refractivity contribution in [1.29, 1.82) is 0 Å². The first-order valence-corrected chi connectivity index (χ1v) is 11.6. The highest BCUT2D eigenvalue weighted by atomic mass is 32.2. The summed E-state index contributed by atoms with van der Waals surface area (Å²) >= 11 is 3.09. The fourth-order valence-electron chi connectivity index (χ4n) is 3.43. The molecule has 1 fully saturated rings. The van der Waals surface area contributed by atoms with E-state index in [0.29, 0.717) is 29.7 Å². The summed E-state index contributed by atoms with van der Waals surface area (Å²) in [6.07, 6.45) is 2.23. The van der Waals surface area contributed by atoms with Crippen LogP contribution in [0.2, 0.25) is 0 Å². The second-order valence-corrected chi connectivity index (χ2v) is 9.33. The molecule has 8 heteroatoms. The van der Waals surface area contributed by atoms with Crippen molar-refractivity contribution in [2.24, 2.45) is 0 Å². The first kappa shape index (κ1) is 20.1. The number of nitrogens with two attached hydrogens (primary N) is 1. The highest BCUT2D eigenvalue weighted by Crippen LogP contribution is 2.36. The standard InChI is InChI=1S/C21H25N5OS2/c1-13-14(2)23-24-20-17(13)18(22)19(29-20)21(27)26-11-16(12-26)25-28-10-6-9-15-7-4-3-5-8-15/h3-5,7-8,16,25H,6,9-12,22H2,1-2H3. The van der Waals surface area contributed by atoms with Crippen molar-refractivity contribution in [2.75, 3.05) is 24.6 Å². The Hall–Kier alpha value is -2.16. The van der Waals surface area contributed by atoms with E-state index in [-0.39, 0.29) is 5.91 Å². The largest absolute Gasteiger partial charge is 0.397 e. The third-order valence-electron chi connectivity index (χ3n) is 5.30. The van der Waals surface area contributed by atoms with Gasteiger partial charge in [0.05, 0.1) is 17.4 Å². The maximum absolute atomic E-state index is 12.9. The Labute approximate surface area is 179 Å². The van der Waals surface area contributed by atoms with E-state index in [9.17, 15) is 4.79 Å². The molecule has 1 aromatic carbocycles. The second-order valence-electron chi connectivity index (χ2n) is 7.40. The molecule has 152 valence electrons. The molecule has 2 aromatic heterocycles. The van der Waals surface area contributed by atoms with Crippen LogP contribution in [0.4, 0.5) is 5.69 Å². The Kier molecular flexibility index (Phi) is 6.03. The number of carbonyl (C=O) groups is 1. The number of anilines is 1. The molecule has 0 aliphatic carbocycles. The molecule has 1 saturated heterocycles. The molecule has 0 unspecified atom stereocenters. The van der Waals surface area contributed by atoms with Crippen molar-refractivity contribution in [3.8, 4) is 0 Å². The van der Waals surface area contributed by atoms with Crippen molar-refractivity contribution < 1.29 is 4.79 Å². The van der Waals surface area contributed by atoms with E-state index in [1.807, 2.05) is 24.8 Å². The van der Waals surface area contributed by atoms with Crippen LogP contribution in [0.1, 0.15) is 32.9 Å². The van der Waals surface area contributed by atoms with Crippen LogP contribution in [0.25, 0.3) is 10.2 Å². The van der Waals surface area contributed by atoms with Gasteiger partial charge in [0, 0.05) is 24.2 Å². The molecule has 1 aliphatic rings. The number of aryl methyl sites for hydroxylation is 3. The van der Waals surface area contributed by atoms with Crippen molar-refractivity contribution in [2.45, 2.75) is 32.7 Å². The number of benzene rings is 1. The van der Waals surface area contributed by atoms with Gasteiger partial charge in [-0.1, -0.05) is 42.3 Å². The zero-order valence-corrected chi connectivity index (χ0v) is 18.3. The summed E-state index contributed by atoms with van der Waals surface area (Å²) in [5.74, 6) is 1.05. The number of carbonyl (C=O) groups excluding carboxylic acids is 1. The summed E-state index contributed by atoms with van der Waals surface area (Å²) in [5.41, 5.74) is 10.1. The summed E-state index contributed by atoms with van der Waals surface area (Å²) in [6, 6.07) is 10.9. The summed E-state index contributed by atoms with van der Waals surface area (Å²) in [7, 11) is 0. The number of hydrogen-bond acceptors (Lipinski definition) is 7. The van der Waals surface area contributed by atoms with E-state index < -0.39 is 0 Å². The van der Waals surface area contributed by atoms with Crippen LogP contribution in [0.15, 0.2) is 30.3 Å². The summed E-state index contributed by atoms with van der Waals surface area (Å²) in [4.78, 5) is 16.0. The topological polar surface area (TPSA) is 84.1 Å². The van der Waals surface area contributed by atoms with Gasteiger partial charge in [0.15, 0.2) is 0 Å². The summed E-state index contributed by atoms with van der Waals surface area (Å²) in [5, 5.41) is 9.22. The van der Waals surface area contributed by atoms with Gasteiger partial charge in [-0.2, -0.15) is 5.10 Å². The van der Waals surface area contributed by atoms with Gasteiger partial charge >= 0.3 is 0 Å². The van der Waals surface area contributed by atoms with Crippen molar-refractivity contribution in [1.82, 2.24) is 19.8 Å². The SMILES string of the molecule is Cc1nnc2sc(C(=O)N3CC(NSCCCc4ccccc4)C3)c(N)c2c1C. The summed E-state index contributed by atoms with van der Waals surface area (Å²) in [6.45, 7) is 5.30. The van der Waals surface area contributed by atoms with Crippen LogP contribution >= 0.6 is 23.3 Å². The van der Waals surface area contributed by atoms with Gasteiger partial charge in [-0.05, 0) is 37.8 Å². The molecule has 0 saturated carbocycles. The highest BCUT2D eigenvalue weighted by Gasteiger charge is 2.33. The first-order valence-electron chi connectivity index (χ1n) is 9.77. The predicted octanol–water partition coefficient (Wildman–Crippen LogP) is 3.59. The Bertz CT molecular complexity index is 1010. The molecule has 3 heterocycles. The monoisotopic (exact) mass is 427 g/mol. The van der Waals surface area contributed by atoms with Crippen LogP contribution in [0.5, 0.6) is 0 Å². The molecule has 1 aliphatic heterocycles. The van der Waals surface area contributed by atoms with E-state index in [1.54, 1.807) is 11.9 Å². The van der Waals surface area contributed by atoms with Gasteiger partial charge in [-0.25, -0.2) is 0 Å². The van der Waals surface area contributed by atoms with Gasteiger partial charge in [-0.15, -0.1) is 16.4 Å². The minimum absolute atomic E-state index is 0.00493. The van der Waals surface area contributed by atoms with Gasteiger partial charge < -0.3 is 10.6 Å². The fourth-order valence-corrected chi connectivity index (χ4v) is 5.29. The van der Waals surface area contributed by atoms with Crippen molar-refractivity contribution in [3.05, 3.63) is 52.0 Å². The zero-order valence-electron chi connectivity index (χ0n) is 16.6. The number of fused-ring (bicyclic) bond motifs is 1. The van der Waals surface area contributed by atoms with Crippen LogP contribution in [-0.4, -0.2) is 45.9 Å². The highest BCUT2D eigenvalue weighted by molar-refractivity contribution is 7.97. The van der Waals surface area contributed by atoms with Crippen LogP contribution in [-0.2, 0) is 6.42 Å². The minimum Gasteiger partial charge on any atom is -0.397 e. The van der Waals surface area contributed by atoms with Gasteiger partial charge in [0.25, 0.3) is 5.91 Å². The van der Waals surface area contributed by atoms with Gasteiger partial charge in [0.2, 0.25) is 0 Å². The van der Waals surface area contributed by atoms with E-state index in [2.05, 4.69) is 39.2 Å². The lowest BCUT2D eigenvalue weighted by atomic mass is 10.1. The number of aromatic nitrogens is 2. The van der Waals surface area contributed by atoms with E-state index in [1.165, 1.54) is 16.9 Å². The zero-order chi connectivity index (χ0) is 20.4. The van der Waals surface area contributed by atoms with E-state index in [4.69, 9.17) is 5.73 Å². The molecule has 0 bridgehead atoms. The average Bonchev–Trinajstić information content (AvgIpc) is 3.03. The molecule has 0 spiro atoms. The molecular weight excluding hydrogens is 402 g/mol. The lowest BCUT2D eigenvalue weighted by Crippen LogP contribution is -2.58. The van der Waals surface area contributed by atoms with E-state index in [0.717, 1.165) is 40.1 Å². The van der Waals surface area contributed by atoms with E-state index >= 15 is 0 Å². The van der Waals surface area contributed by atoms with Crippen LogP contribution in [0, 0.1) is 13.8 Å². The number of amides is 1. The first-order chi connectivity index (χ1) is 14.0. The Balaban J connectivity index is 1.25. The van der Waals surface area contributed by atoms with Gasteiger partial charge in [0.1, 0.15) is 9.71 Å². The average molecular weight is 428 g/mol. The lowest BCUT2D eigenvalue weighted by Gasteiger charge is -2.39. The fraction of sp³-hybridized carbons (Fsp3) is 0.381. The van der Waals surface area contributed by atoms with Crippen LogP contribution in [0.3, 0.4) is 0 Å². The Morgan fingerprint density at radius 3 is 2.79 bits per heavy atom. The summed E-state index contributed by atoms with van der Waals surface area (Å²) < 4.78 is 3.47. The van der Waals surface area contributed by atoms with Crippen LogP contribution < -0.4 is 10.5 Å². The number of thiophene rings is 1. The molecule has 6 nitrogen and oxygen atoms in total. The molecule has 1 amide bonds. The Morgan fingerprint density at radius 2 is 2.03 bits per heavy atom. The smallest absolute Gasteiger partial charge is 0.266 e. The number of rotatable bonds is 7. The Morgan fingerprint density at radius 1 is 1.28 bits per heavy atom. The number of hydrogen-bond donors (Lipinski definition) is 2. The third kappa shape index (κ3) is 4.24. The number of nitrogen functional groups attached to an aromatic ring is 1. The number of nitrogens with zero attached hydrogens (tertiary/aromatic N) is 3. The van der Waals surface area contributed by atoms with Gasteiger partial charge in [-0.3, -0.25) is 9.52 Å². The predicted molar refractivity (Wildman–Crippen MR) is 121 cm³/mol. The molecular formula is C21H25N5OS2. The maximum atomic E-state index is 12.9. The lowest BCUT2D eigenvalue weighted by molar-refractivity contribution is 0.0601. The molecule has 0 atom stereocenters. The van der Waals surface area contributed by atoms with Crippen molar-refractivity contribution in [3.63, 3.8) is 0 Å². The molecule has 3 N–H and O–H groups in total. The maximum Gasteiger partial charge on any atom is 0.266 e. The third-order valence-corrected chi connectivity index (χ3v) is 7.37. The van der Waals surface area contributed by atoms with Crippen molar-refractivity contribution >= 4 is 45.1 Å². The number of likely N-dealkylation sites (tertiary alicyclic amines) is 1. The quantitative estimate of drug-likeness (QED) is 0.443. The minimum atomic E-state index is -0.00493. The molecule has 0 radical (unpaired) electrons. The molecule has 29 heavy (non-hydrogen) atoms. The normalized spacial score (nSPS) is 14.3. The molecule has 4 rings (SSSR count). The number of nitrogens with one attached hydrogen (secondary N) is 1. The second kappa shape index (κ2) is 8.69. The molecule has 3 aromatic rings.